The first-order chi connectivity index (χ1) is 14.4. The SMILES string of the molecule is COCCC(C)(N)C#CC(=O)Nc1ccc2ncnc(Nc3cccc(Br)c3)c2c1. The number of hydrogen-bond donors (Lipinski definition) is 3. The van der Waals surface area contributed by atoms with Crippen molar-refractivity contribution in [3.05, 3.63) is 53.3 Å². The summed E-state index contributed by atoms with van der Waals surface area (Å²) in [6.07, 6.45) is 2.02. The van der Waals surface area contributed by atoms with E-state index in [1.54, 1.807) is 20.1 Å². The number of carbonyl (C=O) groups excluding carboxylic acids is 1. The molecule has 7 nitrogen and oxygen atoms in total. The number of nitrogens with zero attached hydrogens (tertiary/aromatic N) is 2. The van der Waals surface area contributed by atoms with Gasteiger partial charge in [-0.3, -0.25) is 4.79 Å². The number of halogens is 1. The molecule has 1 aromatic heterocycles. The number of anilines is 3. The number of methoxy groups -OCH3 is 1. The van der Waals surface area contributed by atoms with Gasteiger partial charge in [0, 0.05) is 35.0 Å². The zero-order chi connectivity index (χ0) is 21.6. The van der Waals surface area contributed by atoms with Crippen molar-refractivity contribution in [1.29, 1.82) is 0 Å². The van der Waals surface area contributed by atoms with Gasteiger partial charge in [-0.2, -0.15) is 0 Å². The minimum Gasteiger partial charge on any atom is -0.385 e. The Morgan fingerprint density at radius 1 is 1.23 bits per heavy atom. The Kier molecular flexibility index (Phi) is 7.00. The molecule has 0 radical (unpaired) electrons. The average Bonchev–Trinajstić information content (AvgIpc) is 2.71. The quantitative estimate of drug-likeness (QED) is 0.476. The lowest BCUT2D eigenvalue weighted by atomic mass is 10.0. The van der Waals surface area contributed by atoms with E-state index in [1.165, 1.54) is 6.33 Å². The van der Waals surface area contributed by atoms with Crippen LogP contribution in [0.3, 0.4) is 0 Å². The molecule has 1 atom stereocenters. The first-order valence-electron chi connectivity index (χ1n) is 9.26. The monoisotopic (exact) mass is 467 g/mol. The summed E-state index contributed by atoms with van der Waals surface area (Å²) < 4.78 is 5.97. The third-order valence-electron chi connectivity index (χ3n) is 4.27. The van der Waals surface area contributed by atoms with Crippen molar-refractivity contribution in [2.24, 2.45) is 5.73 Å². The van der Waals surface area contributed by atoms with Crippen LogP contribution in [-0.2, 0) is 9.53 Å². The highest BCUT2D eigenvalue weighted by molar-refractivity contribution is 9.10. The summed E-state index contributed by atoms with van der Waals surface area (Å²) >= 11 is 3.46. The van der Waals surface area contributed by atoms with Crippen molar-refractivity contribution in [3.8, 4) is 11.8 Å². The van der Waals surface area contributed by atoms with Crippen molar-refractivity contribution in [1.82, 2.24) is 9.97 Å². The fourth-order valence-corrected chi connectivity index (χ4v) is 3.07. The lowest BCUT2D eigenvalue weighted by Crippen LogP contribution is -2.35. The van der Waals surface area contributed by atoms with Crippen LogP contribution in [0, 0.1) is 11.8 Å². The summed E-state index contributed by atoms with van der Waals surface area (Å²) in [6, 6.07) is 13.2. The predicted molar refractivity (Wildman–Crippen MR) is 122 cm³/mol. The molecule has 0 bridgehead atoms. The predicted octanol–water partition coefficient (Wildman–Crippen LogP) is 3.83. The number of hydrogen-bond acceptors (Lipinski definition) is 6. The minimum atomic E-state index is -0.800. The Morgan fingerprint density at radius 3 is 2.83 bits per heavy atom. The molecule has 0 fully saturated rings. The Labute approximate surface area is 183 Å². The Bertz CT molecular complexity index is 1120. The van der Waals surface area contributed by atoms with Crippen LogP contribution in [0.2, 0.25) is 0 Å². The van der Waals surface area contributed by atoms with E-state index in [1.807, 2.05) is 36.4 Å². The van der Waals surface area contributed by atoms with E-state index >= 15 is 0 Å². The molecule has 3 aromatic rings. The van der Waals surface area contributed by atoms with E-state index in [9.17, 15) is 4.79 Å². The van der Waals surface area contributed by atoms with Crippen LogP contribution in [-0.4, -0.2) is 35.1 Å². The van der Waals surface area contributed by atoms with Crippen LogP contribution in [0.4, 0.5) is 17.2 Å². The summed E-state index contributed by atoms with van der Waals surface area (Å²) in [4.78, 5) is 20.9. The maximum absolute atomic E-state index is 12.3. The number of ether oxygens (including phenoxy) is 1. The highest BCUT2D eigenvalue weighted by atomic mass is 79.9. The molecule has 1 unspecified atom stereocenters. The minimum absolute atomic E-state index is 0.443. The van der Waals surface area contributed by atoms with E-state index < -0.39 is 11.4 Å². The number of amides is 1. The molecule has 1 heterocycles. The van der Waals surface area contributed by atoms with Crippen molar-refractivity contribution >= 4 is 49.9 Å². The second kappa shape index (κ2) is 9.67. The van der Waals surface area contributed by atoms with E-state index in [2.05, 4.69) is 48.4 Å². The third-order valence-corrected chi connectivity index (χ3v) is 4.76. The molecule has 3 rings (SSSR count). The van der Waals surface area contributed by atoms with E-state index in [0.29, 0.717) is 24.5 Å². The molecule has 0 aliphatic heterocycles. The standard InChI is InChI=1S/C22H22BrN5O2/c1-22(24,10-11-30-2)9-8-20(29)27-17-6-7-19-18(13-17)21(26-14-25-19)28-16-5-3-4-15(23)12-16/h3-7,12-14H,10-11,24H2,1-2H3,(H,27,29)(H,25,26,28). The smallest absolute Gasteiger partial charge is 0.300 e. The molecule has 2 aromatic carbocycles. The summed E-state index contributed by atoms with van der Waals surface area (Å²) in [6.45, 7) is 2.24. The number of nitrogens with two attached hydrogens (primary N) is 1. The normalized spacial score (nSPS) is 12.5. The molecule has 0 saturated heterocycles. The van der Waals surface area contributed by atoms with E-state index in [4.69, 9.17) is 10.5 Å². The molecule has 0 aliphatic carbocycles. The molecule has 1 amide bonds. The van der Waals surface area contributed by atoms with Crippen LogP contribution in [0.15, 0.2) is 53.3 Å². The number of carbonyl (C=O) groups is 1. The summed E-state index contributed by atoms with van der Waals surface area (Å²) in [5.74, 6) is 5.54. The fraction of sp³-hybridized carbons (Fsp3) is 0.227. The first-order valence-corrected chi connectivity index (χ1v) is 10.0. The van der Waals surface area contributed by atoms with Crippen LogP contribution >= 0.6 is 15.9 Å². The molecule has 4 N–H and O–H groups in total. The number of fused-ring (bicyclic) bond motifs is 1. The number of aromatic nitrogens is 2. The maximum atomic E-state index is 12.3. The van der Waals surface area contributed by atoms with Gasteiger partial charge in [-0.1, -0.05) is 27.9 Å². The topological polar surface area (TPSA) is 102 Å². The number of nitrogens with one attached hydrogen (secondary N) is 2. The van der Waals surface area contributed by atoms with Crippen molar-refractivity contribution < 1.29 is 9.53 Å². The Morgan fingerprint density at radius 2 is 2.07 bits per heavy atom. The highest BCUT2D eigenvalue weighted by Crippen LogP contribution is 2.26. The largest absolute Gasteiger partial charge is 0.385 e. The highest BCUT2D eigenvalue weighted by Gasteiger charge is 2.14. The van der Waals surface area contributed by atoms with Crippen LogP contribution in [0.25, 0.3) is 10.9 Å². The summed E-state index contributed by atoms with van der Waals surface area (Å²) in [5.41, 5.74) is 7.48. The van der Waals surface area contributed by atoms with Gasteiger partial charge in [0.1, 0.15) is 12.1 Å². The van der Waals surface area contributed by atoms with Crippen LogP contribution in [0.5, 0.6) is 0 Å². The third kappa shape index (κ3) is 6.00. The summed E-state index contributed by atoms with van der Waals surface area (Å²) in [7, 11) is 1.60. The van der Waals surface area contributed by atoms with Crippen LogP contribution in [0.1, 0.15) is 13.3 Å². The molecule has 0 saturated carbocycles. The molecule has 0 spiro atoms. The maximum Gasteiger partial charge on any atom is 0.300 e. The van der Waals surface area contributed by atoms with Crippen molar-refractivity contribution in [3.63, 3.8) is 0 Å². The van der Waals surface area contributed by atoms with Gasteiger partial charge >= 0.3 is 0 Å². The molecular weight excluding hydrogens is 446 g/mol. The molecule has 0 aliphatic rings. The van der Waals surface area contributed by atoms with Gasteiger partial charge in [-0.25, -0.2) is 9.97 Å². The van der Waals surface area contributed by atoms with Gasteiger partial charge in [0.15, 0.2) is 0 Å². The number of benzene rings is 2. The van der Waals surface area contributed by atoms with Gasteiger partial charge in [0.05, 0.1) is 11.1 Å². The second-order valence-corrected chi connectivity index (χ2v) is 7.87. The lowest BCUT2D eigenvalue weighted by molar-refractivity contribution is -0.111. The second-order valence-electron chi connectivity index (χ2n) is 6.95. The van der Waals surface area contributed by atoms with Gasteiger partial charge in [0.25, 0.3) is 5.91 Å². The zero-order valence-electron chi connectivity index (χ0n) is 16.7. The van der Waals surface area contributed by atoms with Crippen LogP contribution < -0.4 is 16.4 Å². The Balaban J connectivity index is 1.80. The van der Waals surface area contributed by atoms with Gasteiger partial charge in [0.2, 0.25) is 0 Å². The van der Waals surface area contributed by atoms with Gasteiger partial charge < -0.3 is 21.1 Å². The molecule has 154 valence electrons. The van der Waals surface area contributed by atoms with E-state index in [-0.39, 0.29) is 0 Å². The fourth-order valence-electron chi connectivity index (χ4n) is 2.68. The van der Waals surface area contributed by atoms with Gasteiger partial charge in [-0.05, 0) is 55.7 Å². The van der Waals surface area contributed by atoms with Gasteiger partial charge in [-0.15, -0.1) is 0 Å². The van der Waals surface area contributed by atoms with E-state index in [0.717, 1.165) is 21.1 Å². The zero-order valence-corrected chi connectivity index (χ0v) is 18.3. The van der Waals surface area contributed by atoms with Crippen molar-refractivity contribution in [2.75, 3.05) is 24.4 Å². The molecule has 8 heteroatoms. The Hall–Kier alpha value is -2.99. The number of rotatable bonds is 6. The first kappa shape index (κ1) is 21.7. The molecule has 30 heavy (non-hydrogen) atoms. The average molecular weight is 468 g/mol. The summed E-state index contributed by atoms with van der Waals surface area (Å²) in [5, 5.41) is 6.83. The lowest BCUT2D eigenvalue weighted by Gasteiger charge is -2.16. The van der Waals surface area contributed by atoms with Crippen molar-refractivity contribution in [2.45, 2.75) is 18.9 Å². The molecular formula is C22H22BrN5O2.